The number of nitrogens with one attached hydrogen (secondary N) is 2. The lowest BCUT2D eigenvalue weighted by atomic mass is 10.2. The van der Waals surface area contributed by atoms with E-state index >= 15 is 0 Å². The number of rotatable bonds is 6. The van der Waals surface area contributed by atoms with Crippen molar-refractivity contribution in [1.29, 1.82) is 0 Å². The lowest BCUT2D eigenvalue weighted by molar-refractivity contribution is -0.118. The number of nitrogens with zero attached hydrogens (tertiary/aromatic N) is 1. The summed E-state index contributed by atoms with van der Waals surface area (Å²) in [7, 11) is -3.76. The summed E-state index contributed by atoms with van der Waals surface area (Å²) in [5.74, 6) is -0.607. The Kier molecular flexibility index (Phi) is 6.56. The van der Waals surface area contributed by atoms with Crippen LogP contribution in [0.25, 0.3) is 0 Å². The molecule has 30 heavy (non-hydrogen) atoms. The molecule has 0 radical (unpaired) electrons. The Labute approximate surface area is 184 Å². The summed E-state index contributed by atoms with van der Waals surface area (Å²) in [6.45, 7) is 3.90. The van der Waals surface area contributed by atoms with Crippen molar-refractivity contribution in [2.24, 2.45) is 0 Å². The average Bonchev–Trinajstić information content (AvgIpc) is 2.69. The van der Waals surface area contributed by atoms with Crippen LogP contribution < -0.4 is 15.4 Å². The van der Waals surface area contributed by atoms with Crippen LogP contribution in [0.2, 0.25) is 10.0 Å². The van der Waals surface area contributed by atoms with Crippen LogP contribution in [0.4, 0.5) is 11.4 Å². The predicted molar refractivity (Wildman–Crippen MR) is 115 cm³/mol. The quantitative estimate of drug-likeness (QED) is 0.669. The van der Waals surface area contributed by atoms with Crippen LogP contribution >= 0.6 is 23.2 Å². The standard InChI is InChI=1S/C19H19Cl2N3O5S/c1-3-24(4-2)30(27,28)11-5-6-13(20)12(7-11)19(26)23-15-9-17-16(8-14(15)21)22-18(25)10-29-17/h5-9H,3-4,10H2,1-2H3,(H,22,25)(H,23,26). The zero-order chi connectivity index (χ0) is 22.1. The van der Waals surface area contributed by atoms with E-state index in [2.05, 4.69) is 10.6 Å². The predicted octanol–water partition coefficient (Wildman–Crippen LogP) is 3.61. The van der Waals surface area contributed by atoms with E-state index in [1.165, 1.54) is 34.6 Å². The molecule has 1 aliphatic rings. The van der Waals surface area contributed by atoms with E-state index in [4.69, 9.17) is 27.9 Å². The Hall–Kier alpha value is -2.33. The summed E-state index contributed by atoms with van der Waals surface area (Å²) in [6.07, 6.45) is 0. The summed E-state index contributed by atoms with van der Waals surface area (Å²) in [5, 5.41) is 5.47. The van der Waals surface area contributed by atoms with Gasteiger partial charge in [0.05, 0.1) is 31.9 Å². The first-order valence-corrected chi connectivity index (χ1v) is 11.2. The van der Waals surface area contributed by atoms with Gasteiger partial charge in [-0.2, -0.15) is 4.31 Å². The highest BCUT2D eigenvalue weighted by Gasteiger charge is 2.25. The third kappa shape index (κ3) is 4.39. The average molecular weight is 472 g/mol. The summed E-state index contributed by atoms with van der Waals surface area (Å²) in [4.78, 5) is 24.2. The van der Waals surface area contributed by atoms with Gasteiger partial charge in [0, 0.05) is 19.2 Å². The maximum Gasteiger partial charge on any atom is 0.262 e. The van der Waals surface area contributed by atoms with E-state index in [9.17, 15) is 18.0 Å². The van der Waals surface area contributed by atoms with Crippen molar-refractivity contribution in [2.75, 3.05) is 30.3 Å². The van der Waals surface area contributed by atoms with Crippen LogP contribution in [0.3, 0.4) is 0 Å². The molecule has 2 aromatic carbocycles. The third-order valence-electron chi connectivity index (χ3n) is 4.48. The van der Waals surface area contributed by atoms with Crippen molar-refractivity contribution in [2.45, 2.75) is 18.7 Å². The Morgan fingerprint density at radius 2 is 1.87 bits per heavy atom. The molecule has 0 saturated heterocycles. The van der Waals surface area contributed by atoms with Gasteiger partial charge in [-0.25, -0.2) is 8.42 Å². The van der Waals surface area contributed by atoms with Gasteiger partial charge in [-0.05, 0) is 24.3 Å². The summed E-state index contributed by atoms with van der Waals surface area (Å²) in [6, 6.07) is 6.87. The zero-order valence-electron chi connectivity index (χ0n) is 16.2. The number of carbonyl (C=O) groups is 2. The molecule has 0 atom stereocenters. The van der Waals surface area contributed by atoms with Gasteiger partial charge in [0.15, 0.2) is 6.61 Å². The lowest BCUT2D eigenvalue weighted by Gasteiger charge is -2.20. The van der Waals surface area contributed by atoms with E-state index < -0.39 is 15.9 Å². The first-order valence-electron chi connectivity index (χ1n) is 9.04. The number of hydrogen-bond donors (Lipinski definition) is 2. The minimum Gasteiger partial charge on any atom is -0.482 e. The van der Waals surface area contributed by atoms with Gasteiger partial charge in [0.2, 0.25) is 10.0 Å². The Bertz CT molecular complexity index is 1120. The van der Waals surface area contributed by atoms with Crippen molar-refractivity contribution in [3.8, 4) is 5.75 Å². The Balaban J connectivity index is 1.92. The number of carbonyl (C=O) groups excluding carboxylic acids is 2. The SMILES string of the molecule is CCN(CC)S(=O)(=O)c1ccc(Cl)c(C(=O)Nc2cc3c(cc2Cl)NC(=O)CO3)c1. The van der Waals surface area contributed by atoms with Gasteiger partial charge in [-0.15, -0.1) is 0 Å². The van der Waals surface area contributed by atoms with Crippen LogP contribution in [0.1, 0.15) is 24.2 Å². The normalized spacial score (nSPS) is 13.4. The molecule has 2 N–H and O–H groups in total. The van der Waals surface area contributed by atoms with Gasteiger partial charge in [0.1, 0.15) is 5.75 Å². The van der Waals surface area contributed by atoms with E-state index in [0.717, 1.165) is 0 Å². The van der Waals surface area contributed by atoms with Crippen molar-refractivity contribution in [3.63, 3.8) is 0 Å². The molecule has 8 nitrogen and oxygen atoms in total. The number of hydrogen-bond acceptors (Lipinski definition) is 5. The molecular formula is C19H19Cl2N3O5S. The smallest absolute Gasteiger partial charge is 0.262 e. The minimum absolute atomic E-state index is 0.0205. The minimum atomic E-state index is -3.76. The van der Waals surface area contributed by atoms with Crippen molar-refractivity contribution in [3.05, 3.63) is 45.9 Å². The maximum absolute atomic E-state index is 12.8. The topological polar surface area (TPSA) is 105 Å². The van der Waals surface area contributed by atoms with Gasteiger partial charge in [-0.1, -0.05) is 37.0 Å². The number of ether oxygens (including phenoxy) is 1. The lowest BCUT2D eigenvalue weighted by Crippen LogP contribution is -2.30. The number of amides is 2. The monoisotopic (exact) mass is 471 g/mol. The molecule has 1 aliphatic heterocycles. The molecule has 11 heteroatoms. The van der Waals surface area contributed by atoms with Gasteiger partial charge < -0.3 is 15.4 Å². The number of sulfonamides is 1. The van der Waals surface area contributed by atoms with Crippen LogP contribution in [0.5, 0.6) is 5.75 Å². The summed E-state index contributed by atoms with van der Waals surface area (Å²) in [5.41, 5.74) is 0.595. The maximum atomic E-state index is 12.8. The van der Waals surface area contributed by atoms with E-state index in [1.54, 1.807) is 13.8 Å². The summed E-state index contributed by atoms with van der Waals surface area (Å²) < 4.78 is 32.1. The molecule has 2 aromatic rings. The van der Waals surface area contributed by atoms with Crippen molar-refractivity contribution >= 4 is 56.4 Å². The molecule has 0 saturated carbocycles. The van der Waals surface area contributed by atoms with Crippen LogP contribution in [0.15, 0.2) is 35.2 Å². The van der Waals surface area contributed by atoms with Crippen LogP contribution in [0, 0.1) is 0 Å². The molecule has 0 bridgehead atoms. The Morgan fingerprint density at radius 3 is 2.53 bits per heavy atom. The fraction of sp³-hybridized carbons (Fsp3) is 0.263. The highest BCUT2D eigenvalue weighted by molar-refractivity contribution is 7.89. The molecular weight excluding hydrogens is 453 g/mol. The molecule has 0 aliphatic carbocycles. The molecule has 3 rings (SSSR count). The number of benzene rings is 2. The second kappa shape index (κ2) is 8.81. The molecule has 0 unspecified atom stereocenters. The number of halogens is 2. The van der Waals surface area contributed by atoms with Gasteiger partial charge in [-0.3, -0.25) is 9.59 Å². The van der Waals surface area contributed by atoms with Gasteiger partial charge in [0.25, 0.3) is 11.8 Å². The zero-order valence-corrected chi connectivity index (χ0v) is 18.5. The van der Waals surface area contributed by atoms with Crippen LogP contribution in [-0.4, -0.2) is 44.2 Å². The highest BCUT2D eigenvalue weighted by Crippen LogP contribution is 2.36. The molecule has 0 aromatic heterocycles. The number of anilines is 2. The number of fused-ring (bicyclic) bond motifs is 1. The first-order chi connectivity index (χ1) is 14.2. The molecule has 1 heterocycles. The molecule has 2 amide bonds. The van der Waals surface area contributed by atoms with E-state index in [1.807, 2.05) is 0 Å². The van der Waals surface area contributed by atoms with E-state index in [0.29, 0.717) is 24.5 Å². The van der Waals surface area contributed by atoms with Gasteiger partial charge >= 0.3 is 0 Å². The second-order valence-corrected chi connectivity index (χ2v) is 9.10. The molecule has 0 spiro atoms. The largest absolute Gasteiger partial charge is 0.482 e. The van der Waals surface area contributed by atoms with E-state index in [-0.39, 0.29) is 38.7 Å². The first kappa shape index (κ1) is 22.4. The Morgan fingerprint density at radius 1 is 1.17 bits per heavy atom. The fourth-order valence-electron chi connectivity index (χ4n) is 2.94. The summed E-state index contributed by atoms with van der Waals surface area (Å²) >= 11 is 12.4. The second-order valence-electron chi connectivity index (χ2n) is 6.35. The van der Waals surface area contributed by atoms with Crippen molar-refractivity contribution < 1.29 is 22.7 Å². The van der Waals surface area contributed by atoms with Crippen LogP contribution in [-0.2, 0) is 14.8 Å². The molecule has 160 valence electrons. The fourth-order valence-corrected chi connectivity index (χ4v) is 4.84. The molecule has 0 fully saturated rings. The third-order valence-corrected chi connectivity index (χ3v) is 7.16. The van der Waals surface area contributed by atoms with Crippen molar-refractivity contribution in [1.82, 2.24) is 4.31 Å². The highest BCUT2D eigenvalue weighted by atomic mass is 35.5.